The van der Waals surface area contributed by atoms with Crippen LogP contribution in [0.2, 0.25) is 0 Å². The Hall–Kier alpha value is -1.60. The molecule has 0 aliphatic heterocycles. The lowest BCUT2D eigenvalue weighted by molar-refractivity contribution is 0.0862. The predicted molar refractivity (Wildman–Crippen MR) is 137 cm³/mol. The van der Waals surface area contributed by atoms with Crippen LogP contribution < -0.4 is 0 Å². The quantitative estimate of drug-likeness (QED) is 0.289. The first-order valence-electron chi connectivity index (χ1n) is 12.7. The van der Waals surface area contributed by atoms with Crippen LogP contribution in [0.25, 0.3) is 0 Å². The van der Waals surface area contributed by atoms with E-state index in [1.807, 2.05) is 0 Å². The Morgan fingerprint density at radius 3 is 2.79 bits per heavy atom. The standard InChI is InChI=1S/C30H44O3/c1-21(14-18-33-17-8-15-29(3,4)5)26-12-13-27-23(9-7-16-30(26,27)6)10-11-24-19-25(31)20-28(32)22(24)2/h10-12,21,25,27-28,31-32H,2,7,9,13-14,16-20H2,1,3-6H3/b23-10+,24-11-/t21-,25-,27+,28?,30-/m1/s1. The molecule has 2 saturated carbocycles. The van der Waals surface area contributed by atoms with E-state index in [0.29, 0.717) is 31.3 Å². The van der Waals surface area contributed by atoms with E-state index in [-0.39, 0.29) is 10.8 Å². The van der Waals surface area contributed by atoms with E-state index in [1.54, 1.807) is 5.57 Å². The molecule has 5 atom stereocenters. The first-order chi connectivity index (χ1) is 15.5. The minimum atomic E-state index is -0.628. The topological polar surface area (TPSA) is 49.7 Å². The van der Waals surface area contributed by atoms with E-state index in [2.05, 4.69) is 71.3 Å². The number of fused-ring (bicyclic) bond motifs is 1. The summed E-state index contributed by atoms with van der Waals surface area (Å²) >= 11 is 0. The molecule has 0 saturated heterocycles. The molecule has 33 heavy (non-hydrogen) atoms. The zero-order valence-electron chi connectivity index (χ0n) is 21.4. The number of aliphatic hydroxyl groups is 2. The highest BCUT2D eigenvalue weighted by Crippen LogP contribution is 2.56. The van der Waals surface area contributed by atoms with Gasteiger partial charge < -0.3 is 14.9 Å². The lowest BCUT2D eigenvalue weighted by Gasteiger charge is -2.42. The van der Waals surface area contributed by atoms with Gasteiger partial charge in [-0.15, -0.1) is 0 Å². The Bertz CT molecular complexity index is 872. The highest BCUT2D eigenvalue weighted by molar-refractivity contribution is 5.40. The number of rotatable bonds is 6. The molecule has 0 bridgehead atoms. The van der Waals surface area contributed by atoms with E-state index in [4.69, 9.17) is 4.74 Å². The predicted octanol–water partition coefficient (Wildman–Crippen LogP) is 6.14. The number of ether oxygens (including phenoxy) is 1. The van der Waals surface area contributed by atoms with Crippen molar-refractivity contribution < 1.29 is 14.9 Å². The molecule has 3 heteroatoms. The molecule has 2 fully saturated rings. The summed E-state index contributed by atoms with van der Waals surface area (Å²) in [6, 6.07) is 0. The van der Waals surface area contributed by atoms with Crippen molar-refractivity contribution in [2.24, 2.45) is 22.7 Å². The van der Waals surface area contributed by atoms with Gasteiger partial charge in [0.15, 0.2) is 0 Å². The van der Waals surface area contributed by atoms with Gasteiger partial charge in [-0.1, -0.05) is 61.6 Å². The number of allylic oxidation sites excluding steroid dienone is 5. The maximum atomic E-state index is 10.1. The van der Waals surface area contributed by atoms with Crippen molar-refractivity contribution in [1.82, 2.24) is 0 Å². The van der Waals surface area contributed by atoms with Crippen molar-refractivity contribution in [3.63, 3.8) is 0 Å². The minimum absolute atomic E-state index is 0.0287. The Labute approximate surface area is 201 Å². The van der Waals surface area contributed by atoms with E-state index in [9.17, 15) is 10.2 Å². The van der Waals surface area contributed by atoms with Gasteiger partial charge in [0, 0.05) is 18.4 Å². The summed E-state index contributed by atoms with van der Waals surface area (Å²) in [5.74, 6) is 7.42. The van der Waals surface area contributed by atoms with E-state index in [1.165, 1.54) is 18.4 Å². The second-order valence-corrected chi connectivity index (χ2v) is 11.6. The summed E-state index contributed by atoms with van der Waals surface area (Å²) in [7, 11) is 0. The lowest BCUT2D eigenvalue weighted by atomic mass is 9.62. The van der Waals surface area contributed by atoms with Crippen LogP contribution >= 0.6 is 0 Å². The molecular weight excluding hydrogens is 408 g/mol. The SMILES string of the molecule is C=C1/C(=C\C=C2/CCC[C@]3(C)C([C@H](C)CCOCC#CC(C)(C)C)=CC[C@@H]23)C[C@@H](O)CC1O. The molecule has 1 unspecified atom stereocenters. The van der Waals surface area contributed by atoms with Crippen LogP contribution in [0, 0.1) is 34.5 Å². The molecule has 3 nitrogen and oxygen atoms in total. The van der Waals surface area contributed by atoms with E-state index in [0.717, 1.165) is 37.0 Å². The molecule has 3 rings (SSSR count). The van der Waals surface area contributed by atoms with Crippen LogP contribution in [0.15, 0.2) is 47.1 Å². The summed E-state index contributed by atoms with van der Waals surface area (Å²) in [6.45, 7) is 16.5. The molecule has 0 heterocycles. The van der Waals surface area contributed by atoms with Gasteiger partial charge in [0.25, 0.3) is 0 Å². The molecule has 0 aromatic carbocycles. The van der Waals surface area contributed by atoms with Gasteiger partial charge in [0.1, 0.15) is 6.61 Å². The summed E-state index contributed by atoms with van der Waals surface area (Å²) in [6.07, 6.45) is 12.5. The molecule has 182 valence electrons. The average Bonchev–Trinajstić information content (AvgIpc) is 3.08. The van der Waals surface area contributed by atoms with Gasteiger partial charge in [-0.05, 0) is 87.7 Å². The van der Waals surface area contributed by atoms with Crippen molar-refractivity contribution >= 4 is 0 Å². The van der Waals surface area contributed by atoms with Gasteiger partial charge in [-0.25, -0.2) is 0 Å². The monoisotopic (exact) mass is 452 g/mol. The Morgan fingerprint density at radius 2 is 2.06 bits per heavy atom. The Morgan fingerprint density at radius 1 is 1.30 bits per heavy atom. The van der Waals surface area contributed by atoms with Crippen molar-refractivity contribution in [3.8, 4) is 11.8 Å². The van der Waals surface area contributed by atoms with Crippen molar-refractivity contribution in [3.05, 3.63) is 47.1 Å². The minimum Gasteiger partial charge on any atom is -0.393 e. The van der Waals surface area contributed by atoms with E-state index >= 15 is 0 Å². The lowest BCUT2D eigenvalue weighted by Crippen LogP contribution is -2.32. The molecule has 0 spiro atoms. The van der Waals surface area contributed by atoms with Crippen LogP contribution in [0.1, 0.15) is 79.6 Å². The zero-order valence-corrected chi connectivity index (χ0v) is 21.4. The largest absolute Gasteiger partial charge is 0.393 e. The molecule has 0 radical (unpaired) electrons. The van der Waals surface area contributed by atoms with Gasteiger partial charge in [-0.2, -0.15) is 0 Å². The summed E-state index contributed by atoms with van der Waals surface area (Å²) in [5.41, 5.74) is 5.11. The second-order valence-electron chi connectivity index (χ2n) is 11.6. The zero-order chi connectivity index (χ0) is 24.2. The maximum Gasteiger partial charge on any atom is 0.107 e. The molecule has 0 aromatic heterocycles. The third kappa shape index (κ3) is 6.50. The highest BCUT2D eigenvalue weighted by atomic mass is 16.5. The smallest absolute Gasteiger partial charge is 0.107 e. The summed E-state index contributed by atoms with van der Waals surface area (Å²) in [4.78, 5) is 0. The second kappa shape index (κ2) is 10.8. The summed E-state index contributed by atoms with van der Waals surface area (Å²) in [5, 5.41) is 20.2. The maximum absolute atomic E-state index is 10.1. The van der Waals surface area contributed by atoms with E-state index < -0.39 is 12.2 Å². The van der Waals surface area contributed by atoms with Crippen LogP contribution in [-0.4, -0.2) is 35.6 Å². The fourth-order valence-electron chi connectivity index (χ4n) is 5.92. The van der Waals surface area contributed by atoms with Gasteiger partial charge in [-0.3, -0.25) is 0 Å². The van der Waals surface area contributed by atoms with Gasteiger partial charge in [0.05, 0.1) is 12.2 Å². The fraction of sp³-hybridized carbons (Fsp3) is 0.667. The number of aliphatic hydroxyl groups excluding tert-OH is 2. The van der Waals surface area contributed by atoms with Crippen LogP contribution in [0.3, 0.4) is 0 Å². The highest BCUT2D eigenvalue weighted by Gasteiger charge is 2.45. The molecule has 0 amide bonds. The van der Waals surface area contributed by atoms with Crippen molar-refractivity contribution in [2.75, 3.05) is 13.2 Å². The molecule has 2 N–H and O–H groups in total. The average molecular weight is 453 g/mol. The molecular formula is C30H44O3. The van der Waals surface area contributed by atoms with Crippen LogP contribution in [-0.2, 0) is 4.74 Å². The van der Waals surface area contributed by atoms with Crippen molar-refractivity contribution in [2.45, 2.75) is 91.8 Å². The van der Waals surface area contributed by atoms with Crippen LogP contribution in [0.4, 0.5) is 0 Å². The number of hydrogen-bond donors (Lipinski definition) is 2. The number of hydrogen-bond acceptors (Lipinski definition) is 3. The van der Waals surface area contributed by atoms with Gasteiger partial charge >= 0.3 is 0 Å². The molecule has 3 aliphatic rings. The first-order valence-corrected chi connectivity index (χ1v) is 12.7. The molecule has 0 aromatic rings. The third-order valence-corrected chi connectivity index (χ3v) is 7.74. The van der Waals surface area contributed by atoms with Gasteiger partial charge in [0.2, 0.25) is 0 Å². The molecule has 3 aliphatic carbocycles. The Kier molecular flexibility index (Phi) is 8.49. The summed E-state index contributed by atoms with van der Waals surface area (Å²) < 4.78 is 5.81. The first kappa shape index (κ1) is 26.0. The van der Waals surface area contributed by atoms with Crippen LogP contribution in [0.5, 0.6) is 0 Å². The normalized spacial score (nSPS) is 33.5. The van der Waals surface area contributed by atoms with Crippen molar-refractivity contribution in [1.29, 1.82) is 0 Å². The Balaban J connectivity index is 1.61. The fourth-order valence-corrected chi connectivity index (χ4v) is 5.92. The third-order valence-electron chi connectivity index (χ3n) is 7.74.